The summed E-state index contributed by atoms with van der Waals surface area (Å²) in [6.45, 7) is 5.21. The van der Waals surface area contributed by atoms with E-state index in [-0.39, 0.29) is 5.92 Å². The van der Waals surface area contributed by atoms with Crippen LogP contribution in [0.25, 0.3) is 0 Å². The average Bonchev–Trinajstić information content (AvgIpc) is 1.93. The molecule has 0 aromatic rings. The number of nitrogens with one attached hydrogen (secondary N) is 1. The molecule has 1 saturated heterocycles. The zero-order valence-electron chi connectivity index (χ0n) is 6.98. The Labute approximate surface area is 62.2 Å². The average molecular weight is 142 g/mol. The van der Waals surface area contributed by atoms with Gasteiger partial charge in [-0.05, 0) is 13.8 Å². The third-order valence-corrected chi connectivity index (χ3v) is 2.80. The number of ketones is 1. The smallest absolute Gasteiger partial charge is 0.147 e. The highest BCUT2D eigenvalue weighted by molar-refractivity contribution is 5.81. The third kappa shape index (κ3) is 1.21. The van der Waals surface area contributed by atoms with Crippen molar-refractivity contribution in [2.75, 3.05) is 13.6 Å². The van der Waals surface area contributed by atoms with Crippen molar-refractivity contribution in [3.8, 4) is 0 Å². The van der Waals surface area contributed by atoms with Gasteiger partial charge in [0.15, 0.2) is 0 Å². The van der Waals surface area contributed by atoms with Crippen LogP contribution in [0.5, 0.6) is 0 Å². The molecule has 0 aromatic carbocycles. The van der Waals surface area contributed by atoms with E-state index in [1.54, 1.807) is 0 Å². The Hall–Kier alpha value is -0.370. The largest absolute Gasteiger partial charge is 0.334 e. The van der Waals surface area contributed by atoms with Gasteiger partial charge in [-0.2, -0.15) is 0 Å². The molecule has 1 heterocycles. The number of likely N-dealkylation sites (tertiary alicyclic amines) is 1. The molecule has 3 atom stereocenters. The summed E-state index contributed by atoms with van der Waals surface area (Å²) in [5.41, 5.74) is 0. The van der Waals surface area contributed by atoms with Gasteiger partial charge >= 0.3 is 0 Å². The van der Waals surface area contributed by atoms with Gasteiger partial charge < -0.3 is 4.90 Å². The first-order chi connectivity index (χ1) is 4.63. The van der Waals surface area contributed by atoms with E-state index in [1.807, 2.05) is 6.92 Å². The summed E-state index contributed by atoms with van der Waals surface area (Å²) in [7, 11) is 2.16. The van der Waals surface area contributed by atoms with E-state index in [4.69, 9.17) is 0 Å². The predicted molar refractivity (Wildman–Crippen MR) is 40.0 cm³/mol. The molecule has 0 bridgehead atoms. The van der Waals surface area contributed by atoms with Gasteiger partial charge in [0, 0.05) is 0 Å². The highest BCUT2D eigenvalue weighted by Gasteiger charge is 2.31. The van der Waals surface area contributed by atoms with E-state index in [1.165, 1.54) is 4.90 Å². The molecule has 1 fully saturated rings. The summed E-state index contributed by atoms with van der Waals surface area (Å²) in [5.74, 6) is 0.715. The van der Waals surface area contributed by atoms with E-state index in [0.717, 1.165) is 13.0 Å². The first kappa shape index (κ1) is 7.73. The van der Waals surface area contributed by atoms with Gasteiger partial charge in [0.05, 0.1) is 32.0 Å². The minimum atomic E-state index is 0.272. The van der Waals surface area contributed by atoms with Crippen LogP contribution in [0.2, 0.25) is 0 Å². The lowest BCUT2D eigenvalue weighted by Gasteiger charge is -2.30. The summed E-state index contributed by atoms with van der Waals surface area (Å²) in [5, 5.41) is 0. The van der Waals surface area contributed by atoms with Crippen LogP contribution in [-0.4, -0.2) is 25.4 Å². The number of hydrogen-bond acceptors (Lipinski definition) is 1. The fraction of sp³-hybridized carbons (Fsp3) is 0.875. The Bertz CT molecular complexity index is 144. The van der Waals surface area contributed by atoms with Crippen LogP contribution in [-0.2, 0) is 4.79 Å². The van der Waals surface area contributed by atoms with Crippen LogP contribution in [0.3, 0.4) is 0 Å². The lowest BCUT2D eigenvalue weighted by Crippen LogP contribution is -3.14. The molecule has 0 aliphatic carbocycles. The fourth-order valence-corrected chi connectivity index (χ4v) is 1.48. The quantitative estimate of drug-likeness (QED) is 0.484. The van der Waals surface area contributed by atoms with Crippen LogP contribution in [0.4, 0.5) is 0 Å². The summed E-state index contributed by atoms with van der Waals surface area (Å²) >= 11 is 0. The molecule has 1 N–H and O–H groups in total. The number of quaternary nitrogens is 1. The number of carbonyl (C=O) groups is 1. The SMILES string of the molecule is C[C@H]1C(=O)CC[NH+](C)[C@H]1C. The van der Waals surface area contributed by atoms with Crippen LogP contribution in [0.15, 0.2) is 0 Å². The molecular formula is C8H16NO+. The zero-order valence-corrected chi connectivity index (χ0v) is 6.98. The topological polar surface area (TPSA) is 21.5 Å². The van der Waals surface area contributed by atoms with Gasteiger partial charge in [-0.25, -0.2) is 0 Å². The standard InChI is InChI=1S/C8H15NO/c1-6-7(2)9(3)5-4-8(6)10/h6-7H,4-5H2,1-3H3/p+1/t6-,7+/m1/s1. The molecule has 10 heavy (non-hydrogen) atoms. The second kappa shape index (κ2) is 2.70. The zero-order chi connectivity index (χ0) is 7.72. The van der Waals surface area contributed by atoms with Gasteiger partial charge in [0.1, 0.15) is 5.78 Å². The van der Waals surface area contributed by atoms with Gasteiger partial charge in [0.2, 0.25) is 0 Å². The Morgan fingerprint density at radius 1 is 1.50 bits per heavy atom. The van der Waals surface area contributed by atoms with Crippen molar-refractivity contribution in [1.82, 2.24) is 0 Å². The van der Waals surface area contributed by atoms with Crippen molar-refractivity contribution in [2.45, 2.75) is 26.3 Å². The summed E-state index contributed by atoms with van der Waals surface area (Å²) < 4.78 is 0. The maximum atomic E-state index is 11.1. The number of carbonyl (C=O) groups excluding carboxylic acids is 1. The molecule has 2 nitrogen and oxygen atoms in total. The summed E-state index contributed by atoms with van der Waals surface area (Å²) in [4.78, 5) is 12.6. The second-order valence-corrected chi connectivity index (χ2v) is 3.39. The van der Waals surface area contributed by atoms with Crippen molar-refractivity contribution in [3.63, 3.8) is 0 Å². The Balaban J connectivity index is 2.60. The van der Waals surface area contributed by atoms with Gasteiger partial charge in [0.25, 0.3) is 0 Å². The van der Waals surface area contributed by atoms with Crippen molar-refractivity contribution in [3.05, 3.63) is 0 Å². The molecule has 2 heteroatoms. The maximum Gasteiger partial charge on any atom is 0.147 e. The lowest BCUT2D eigenvalue weighted by molar-refractivity contribution is -0.909. The Kier molecular flexibility index (Phi) is 2.09. The first-order valence-corrected chi connectivity index (χ1v) is 3.98. The van der Waals surface area contributed by atoms with E-state index in [9.17, 15) is 4.79 Å². The van der Waals surface area contributed by atoms with E-state index in [0.29, 0.717) is 11.8 Å². The van der Waals surface area contributed by atoms with Crippen LogP contribution >= 0.6 is 0 Å². The van der Waals surface area contributed by atoms with E-state index < -0.39 is 0 Å². The van der Waals surface area contributed by atoms with Crippen LogP contribution in [0.1, 0.15) is 20.3 Å². The minimum Gasteiger partial charge on any atom is -0.334 e. The van der Waals surface area contributed by atoms with Crippen LogP contribution < -0.4 is 4.90 Å². The Morgan fingerprint density at radius 2 is 2.10 bits per heavy atom. The highest BCUT2D eigenvalue weighted by atomic mass is 16.1. The highest BCUT2D eigenvalue weighted by Crippen LogP contribution is 2.06. The van der Waals surface area contributed by atoms with E-state index >= 15 is 0 Å². The van der Waals surface area contributed by atoms with Crippen molar-refractivity contribution >= 4 is 5.78 Å². The number of piperidine rings is 1. The molecule has 0 spiro atoms. The van der Waals surface area contributed by atoms with E-state index in [2.05, 4.69) is 14.0 Å². The normalized spacial score (nSPS) is 41.9. The number of hydrogen-bond donors (Lipinski definition) is 1. The molecule has 0 amide bonds. The lowest BCUT2D eigenvalue weighted by atomic mass is 9.91. The molecule has 0 radical (unpaired) electrons. The minimum absolute atomic E-state index is 0.272. The fourth-order valence-electron chi connectivity index (χ4n) is 1.48. The molecule has 58 valence electrons. The van der Waals surface area contributed by atoms with Gasteiger partial charge in [-0.3, -0.25) is 4.79 Å². The number of rotatable bonds is 0. The van der Waals surface area contributed by atoms with Crippen LogP contribution in [0, 0.1) is 5.92 Å². The van der Waals surface area contributed by atoms with Gasteiger partial charge in [-0.1, -0.05) is 0 Å². The van der Waals surface area contributed by atoms with Crippen molar-refractivity contribution < 1.29 is 9.69 Å². The monoisotopic (exact) mass is 142 g/mol. The third-order valence-electron chi connectivity index (χ3n) is 2.80. The predicted octanol–water partition coefficient (Wildman–Crippen LogP) is -0.501. The van der Waals surface area contributed by atoms with Gasteiger partial charge in [-0.15, -0.1) is 0 Å². The molecule has 1 aliphatic heterocycles. The molecule has 1 rings (SSSR count). The summed E-state index contributed by atoms with van der Waals surface area (Å²) in [6.07, 6.45) is 0.775. The molecular weight excluding hydrogens is 126 g/mol. The Morgan fingerprint density at radius 3 is 2.60 bits per heavy atom. The van der Waals surface area contributed by atoms with Crippen molar-refractivity contribution in [2.24, 2.45) is 5.92 Å². The second-order valence-electron chi connectivity index (χ2n) is 3.39. The maximum absolute atomic E-state index is 11.1. The first-order valence-electron chi connectivity index (χ1n) is 3.98. The summed E-state index contributed by atoms with van der Waals surface area (Å²) in [6, 6.07) is 0.515. The molecule has 0 saturated carbocycles. The molecule has 1 unspecified atom stereocenters. The number of Topliss-reactive ketones (excluding diaryl/α,β-unsaturated/α-hetero) is 1. The molecule has 1 aliphatic rings. The molecule has 0 aromatic heterocycles. The van der Waals surface area contributed by atoms with Crippen molar-refractivity contribution in [1.29, 1.82) is 0 Å².